The highest BCUT2D eigenvalue weighted by Gasteiger charge is 2.45. The molecule has 2 heterocycles. The van der Waals surface area contributed by atoms with Gasteiger partial charge in [0.15, 0.2) is 0 Å². The van der Waals surface area contributed by atoms with Crippen LogP contribution in [0.4, 0.5) is 0 Å². The average molecular weight is 222 g/mol. The first-order valence-electron chi connectivity index (χ1n) is 5.50. The van der Waals surface area contributed by atoms with Crippen molar-refractivity contribution < 1.29 is 9.84 Å². The topological polar surface area (TPSA) is 54.4 Å². The molecule has 1 aliphatic heterocycles. The summed E-state index contributed by atoms with van der Waals surface area (Å²) in [5.41, 5.74) is 0.422. The monoisotopic (exact) mass is 222 g/mol. The Bertz CT molecular complexity index is 367. The standard InChI is InChI=1S/C12H18N2O2/c1-9-12(15,10-6-4-5-7-13-10)16-8-11(2,3)14-9/h4-7,9,14-15H,8H2,1-3H3/t9-,12+/m0/s1. The van der Waals surface area contributed by atoms with Gasteiger partial charge in [0.1, 0.15) is 5.69 Å². The van der Waals surface area contributed by atoms with Gasteiger partial charge in [0, 0.05) is 11.7 Å². The zero-order chi connectivity index (χ0) is 11.8. The number of ether oxygens (including phenoxy) is 1. The fourth-order valence-corrected chi connectivity index (χ4v) is 2.01. The molecule has 2 rings (SSSR count). The number of pyridine rings is 1. The van der Waals surface area contributed by atoms with Gasteiger partial charge in [-0.1, -0.05) is 6.07 Å². The van der Waals surface area contributed by atoms with Crippen molar-refractivity contribution in [1.29, 1.82) is 0 Å². The van der Waals surface area contributed by atoms with Crippen LogP contribution in [0.25, 0.3) is 0 Å². The molecule has 4 heteroatoms. The van der Waals surface area contributed by atoms with Crippen LogP contribution in [0, 0.1) is 0 Å². The summed E-state index contributed by atoms with van der Waals surface area (Å²) in [5, 5.41) is 13.8. The summed E-state index contributed by atoms with van der Waals surface area (Å²) in [5.74, 6) is -1.34. The van der Waals surface area contributed by atoms with Gasteiger partial charge >= 0.3 is 0 Å². The van der Waals surface area contributed by atoms with Crippen LogP contribution >= 0.6 is 0 Å². The van der Waals surface area contributed by atoms with Crippen molar-refractivity contribution in [3.05, 3.63) is 30.1 Å². The van der Waals surface area contributed by atoms with Crippen molar-refractivity contribution in [2.45, 2.75) is 38.1 Å². The quantitative estimate of drug-likeness (QED) is 0.744. The van der Waals surface area contributed by atoms with E-state index in [1.807, 2.05) is 32.9 Å². The highest BCUT2D eigenvalue weighted by Crippen LogP contribution is 2.31. The summed E-state index contributed by atoms with van der Waals surface area (Å²) in [6.45, 7) is 6.43. The third kappa shape index (κ3) is 1.96. The zero-order valence-corrected chi connectivity index (χ0v) is 9.90. The minimum absolute atomic E-state index is 0.125. The molecule has 1 aromatic rings. The molecular formula is C12H18N2O2. The molecule has 0 radical (unpaired) electrons. The maximum absolute atomic E-state index is 10.5. The van der Waals surface area contributed by atoms with Crippen LogP contribution in [0.2, 0.25) is 0 Å². The Kier molecular flexibility index (Phi) is 2.74. The number of hydrogen-bond acceptors (Lipinski definition) is 4. The number of aromatic nitrogens is 1. The van der Waals surface area contributed by atoms with Crippen LogP contribution in [0.5, 0.6) is 0 Å². The Morgan fingerprint density at radius 3 is 2.81 bits per heavy atom. The number of nitrogens with one attached hydrogen (secondary N) is 1. The largest absolute Gasteiger partial charge is 0.359 e. The minimum atomic E-state index is -1.34. The molecule has 0 aliphatic carbocycles. The first kappa shape index (κ1) is 11.5. The SMILES string of the molecule is C[C@@H]1NC(C)(C)CO[C@@]1(O)c1ccccn1. The van der Waals surface area contributed by atoms with Crippen molar-refractivity contribution >= 4 is 0 Å². The summed E-state index contributed by atoms with van der Waals surface area (Å²) in [4.78, 5) is 4.16. The molecule has 0 saturated carbocycles. The number of rotatable bonds is 1. The van der Waals surface area contributed by atoms with Gasteiger partial charge in [-0.3, -0.25) is 4.98 Å². The van der Waals surface area contributed by atoms with Gasteiger partial charge in [0.05, 0.1) is 12.6 Å². The molecule has 4 nitrogen and oxygen atoms in total. The normalized spacial score (nSPS) is 33.6. The molecule has 0 aromatic carbocycles. The predicted molar refractivity (Wildman–Crippen MR) is 60.8 cm³/mol. The van der Waals surface area contributed by atoms with E-state index >= 15 is 0 Å². The molecule has 1 saturated heterocycles. The van der Waals surface area contributed by atoms with Crippen molar-refractivity contribution in [3.8, 4) is 0 Å². The first-order valence-corrected chi connectivity index (χ1v) is 5.50. The lowest BCUT2D eigenvalue weighted by atomic mass is 9.95. The van der Waals surface area contributed by atoms with E-state index in [9.17, 15) is 5.11 Å². The minimum Gasteiger partial charge on any atom is -0.359 e. The van der Waals surface area contributed by atoms with E-state index in [-0.39, 0.29) is 11.6 Å². The second kappa shape index (κ2) is 3.80. The van der Waals surface area contributed by atoms with E-state index < -0.39 is 5.79 Å². The lowest BCUT2D eigenvalue weighted by Crippen LogP contribution is -2.63. The third-order valence-electron chi connectivity index (χ3n) is 2.88. The Balaban J connectivity index is 2.27. The summed E-state index contributed by atoms with van der Waals surface area (Å²) in [7, 11) is 0. The fourth-order valence-electron chi connectivity index (χ4n) is 2.01. The van der Waals surface area contributed by atoms with Crippen molar-refractivity contribution in [2.75, 3.05) is 6.61 Å². The molecule has 2 N–H and O–H groups in total. The number of aliphatic hydroxyl groups is 1. The predicted octanol–water partition coefficient (Wildman–Crippen LogP) is 1.01. The molecule has 0 unspecified atom stereocenters. The van der Waals surface area contributed by atoms with Gasteiger partial charge in [-0.15, -0.1) is 0 Å². The van der Waals surface area contributed by atoms with E-state index in [0.717, 1.165) is 0 Å². The fraction of sp³-hybridized carbons (Fsp3) is 0.583. The summed E-state index contributed by atoms with van der Waals surface area (Å²) in [6.07, 6.45) is 1.66. The Morgan fingerprint density at radius 2 is 2.25 bits per heavy atom. The first-order chi connectivity index (χ1) is 7.44. The number of morpholine rings is 1. The van der Waals surface area contributed by atoms with E-state index in [0.29, 0.717) is 12.3 Å². The van der Waals surface area contributed by atoms with E-state index in [4.69, 9.17) is 4.74 Å². The van der Waals surface area contributed by atoms with E-state index in [1.165, 1.54) is 0 Å². The number of hydrogen-bond donors (Lipinski definition) is 2. The molecule has 16 heavy (non-hydrogen) atoms. The lowest BCUT2D eigenvalue weighted by molar-refractivity contribution is -0.265. The van der Waals surface area contributed by atoms with E-state index in [2.05, 4.69) is 10.3 Å². The van der Waals surface area contributed by atoms with Crippen LogP contribution in [0.3, 0.4) is 0 Å². The third-order valence-corrected chi connectivity index (χ3v) is 2.88. The second-order valence-corrected chi connectivity index (χ2v) is 4.95. The molecule has 1 aromatic heterocycles. The highest BCUT2D eigenvalue weighted by atomic mass is 16.6. The summed E-state index contributed by atoms with van der Waals surface area (Å²) in [6, 6.07) is 5.23. The summed E-state index contributed by atoms with van der Waals surface area (Å²) >= 11 is 0. The van der Waals surface area contributed by atoms with Gasteiger partial charge < -0.3 is 15.2 Å². The Morgan fingerprint density at radius 1 is 1.50 bits per heavy atom. The van der Waals surface area contributed by atoms with Crippen LogP contribution in [-0.2, 0) is 10.5 Å². The van der Waals surface area contributed by atoms with Crippen LogP contribution in [0.15, 0.2) is 24.4 Å². The lowest BCUT2D eigenvalue weighted by Gasteiger charge is -2.45. The van der Waals surface area contributed by atoms with E-state index in [1.54, 1.807) is 12.3 Å². The van der Waals surface area contributed by atoms with Gasteiger partial charge in [0.25, 0.3) is 0 Å². The van der Waals surface area contributed by atoms with Gasteiger partial charge in [-0.05, 0) is 32.9 Å². The van der Waals surface area contributed by atoms with Gasteiger partial charge in [-0.2, -0.15) is 0 Å². The van der Waals surface area contributed by atoms with Gasteiger partial charge in [-0.25, -0.2) is 0 Å². The maximum atomic E-state index is 10.5. The summed E-state index contributed by atoms with van der Waals surface area (Å²) < 4.78 is 5.61. The highest BCUT2D eigenvalue weighted by molar-refractivity contribution is 5.14. The average Bonchev–Trinajstić information content (AvgIpc) is 2.25. The number of nitrogens with zero attached hydrogens (tertiary/aromatic N) is 1. The zero-order valence-electron chi connectivity index (χ0n) is 9.90. The molecule has 0 amide bonds. The maximum Gasteiger partial charge on any atom is 0.225 e. The Labute approximate surface area is 95.7 Å². The van der Waals surface area contributed by atoms with Gasteiger partial charge in [0.2, 0.25) is 5.79 Å². The van der Waals surface area contributed by atoms with Crippen molar-refractivity contribution in [3.63, 3.8) is 0 Å². The molecule has 1 aliphatic rings. The van der Waals surface area contributed by atoms with Crippen LogP contribution < -0.4 is 5.32 Å². The van der Waals surface area contributed by atoms with Crippen molar-refractivity contribution in [1.82, 2.24) is 10.3 Å². The van der Waals surface area contributed by atoms with Crippen LogP contribution in [0.1, 0.15) is 26.5 Å². The smallest absolute Gasteiger partial charge is 0.225 e. The molecule has 2 atom stereocenters. The van der Waals surface area contributed by atoms with Crippen LogP contribution in [-0.4, -0.2) is 28.3 Å². The molecule has 88 valence electrons. The molecule has 0 bridgehead atoms. The molecule has 1 fully saturated rings. The molecule has 0 spiro atoms. The second-order valence-electron chi connectivity index (χ2n) is 4.95. The molecular weight excluding hydrogens is 204 g/mol. The Hall–Kier alpha value is -0.970. The van der Waals surface area contributed by atoms with Crippen molar-refractivity contribution in [2.24, 2.45) is 0 Å².